The number of aromatic nitrogens is 3. The van der Waals surface area contributed by atoms with Gasteiger partial charge in [0.05, 0.1) is 12.6 Å². The van der Waals surface area contributed by atoms with Crippen molar-refractivity contribution in [3.63, 3.8) is 0 Å². The van der Waals surface area contributed by atoms with Crippen LogP contribution in [0.2, 0.25) is 0 Å². The highest BCUT2D eigenvalue weighted by molar-refractivity contribution is 5.92. The minimum Gasteiger partial charge on any atom is -0.344 e. The third-order valence-corrected chi connectivity index (χ3v) is 5.23. The summed E-state index contributed by atoms with van der Waals surface area (Å²) in [6.45, 7) is 1.40. The van der Waals surface area contributed by atoms with Crippen molar-refractivity contribution >= 4 is 5.91 Å². The molecule has 0 saturated carbocycles. The number of halogens is 2. The zero-order valence-electron chi connectivity index (χ0n) is 18.1. The molecule has 7 nitrogen and oxygen atoms in total. The fraction of sp³-hybridized carbons (Fsp3) is 0.120. The number of hydrogen-bond donors (Lipinski definition) is 1. The third kappa shape index (κ3) is 4.68. The predicted octanol–water partition coefficient (Wildman–Crippen LogP) is 3.21. The third-order valence-electron chi connectivity index (χ3n) is 5.23. The van der Waals surface area contributed by atoms with Gasteiger partial charge in [-0.3, -0.25) is 14.2 Å². The maximum atomic E-state index is 14.5. The van der Waals surface area contributed by atoms with E-state index in [0.717, 1.165) is 22.3 Å². The zero-order valence-corrected chi connectivity index (χ0v) is 18.1. The van der Waals surface area contributed by atoms with Gasteiger partial charge in [-0.2, -0.15) is 9.78 Å². The molecule has 0 fully saturated rings. The van der Waals surface area contributed by atoms with Gasteiger partial charge in [0.25, 0.3) is 11.5 Å². The first-order valence-electron chi connectivity index (χ1n) is 10.4. The first-order chi connectivity index (χ1) is 16.3. The van der Waals surface area contributed by atoms with Gasteiger partial charge in [0.2, 0.25) is 5.69 Å². The molecule has 1 amide bonds. The molecule has 3 aromatic carbocycles. The first kappa shape index (κ1) is 22.8. The second kappa shape index (κ2) is 9.62. The Labute approximate surface area is 192 Å². The van der Waals surface area contributed by atoms with Crippen molar-refractivity contribution in [3.05, 3.63) is 128 Å². The number of hydrogen-bond acceptors (Lipinski definition) is 4. The van der Waals surface area contributed by atoms with Gasteiger partial charge in [0, 0.05) is 0 Å². The minimum absolute atomic E-state index is 0.231. The molecular formula is C25H20F2N4O3. The Morgan fingerprint density at radius 2 is 1.68 bits per heavy atom. The summed E-state index contributed by atoms with van der Waals surface area (Å²) < 4.78 is 29.6. The number of nitrogens with zero attached hydrogens (tertiary/aromatic N) is 3. The Morgan fingerprint density at radius 3 is 2.38 bits per heavy atom. The molecule has 0 aliphatic rings. The molecule has 0 bridgehead atoms. The lowest BCUT2D eigenvalue weighted by molar-refractivity contribution is 0.0930. The van der Waals surface area contributed by atoms with Crippen LogP contribution in [0.5, 0.6) is 0 Å². The smallest absolute Gasteiger partial charge is 0.344 e. The molecule has 1 heterocycles. The Hall–Kier alpha value is -4.40. The van der Waals surface area contributed by atoms with Crippen molar-refractivity contribution in [3.8, 4) is 5.69 Å². The summed E-state index contributed by atoms with van der Waals surface area (Å²) in [5.74, 6) is -2.15. The van der Waals surface area contributed by atoms with Crippen molar-refractivity contribution in [1.29, 1.82) is 0 Å². The maximum absolute atomic E-state index is 14.5. The van der Waals surface area contributed by atoms with E-state index in [0.29, 0.717) is 10.2 Å². The Morgan fingerprint density at radius 1 is 0.971 bits per heavy atom. The van der Waals surface area contributed by atoms with Crippen LogP contribution in [0.4, 0.5) is 8.78 Å². The van der Waals surface area contributed by atoms with E-state index in [1.165, 1.54) is 36.4 Å². The molecule has 1 unspecified atom stereocenters. The standard InChI is InChI=1S/C25H20F2N4O3/c1-16(18-9-3-2-4-10-18)28-23(32)22-24(33)30(15-17-8-7-11-19(26)14-17)25(34)31(29-22)21-13-6-5-12-20(21)27/h2-14,16H,15H2,1H3,(H,28,32). The molecule has 0 radical (unpaired) electrons. The van der Waals surface area contributed by atoms with Crippen molar-refractivity contribution < 1.29 is 13.6 Å². The molecule has 9 heteroatoms. The zero-order chi connectivity index (χ0) is 24.2. The molecular weight excluding hydrogens is 442 g/mol. The second-order valence-corrected chi connectivity index (χ2v) is 7.62. The number of para-hydroxylation sites is 1. The van der Waals surface area contributed by atoms with Crippen LogP contribution in [-0.4, -0.2) is 20.3 Å². The summed E-state index contributed by atoms with van der Waals surface area (Å²) in [7, 11) is 0. The number of carbonyl (C=O) groups excluding carboxylic acids is 1. The van der Waals surface area contributed by atoms with Gasteiger partial charge < -0.3 is 5.32 Å². The second-order valence-electron chi connectivity index (χ2n) is 7.62. The van der Waals surface area contributed by atoms with E-state index < -0.39 is 40.5 Å². The fourth-order valence-corrected chi connectivity index (χ4v) is 3.48. The van der Waals surface area contributed by atoms with Crippen molar-refractivity contribution in [2.24, 2.45) is 0 Å². The molecule has 1 atom stereocenters. The molecule has 172 valence electrons. The number of rotatable bonds is 6. The van der Waals surface area contributed by atoms with Gasteiger partial charge in [-0.05, 0) is 42.3 Å². The molecule has 4 aromatic rings. The van der Waals surface area contributed by atoms with Crippen LogP contribution < -0.4 is 16.6 Å². The van der Waals surface area contributed by atoms with Crippen LogP contribution >= 0.6 is 0 Å². The van der Waals surface area contributed by atoms with Crippen molar-refractivity contribution in [2.75, 3.05) is 0 Å². The fourth-order valence-electron chi connectivity index (χ4n) is 3.48. The van der Waals surface area contributed by atoms with Gasteiger partial charge in [0.15, 0.2) is 0 Å². The highest BCUT2D eigenvalue weighted by Crippen LogP contribution is 2.13. The van der Waals surface area contributed by atoms with Crippen LogP contribution in [0.3, 0.4) is 0 Å². The average Bonchev–Trinajstić information content (AvgIpc) is 2.83. The highest BCUT2D eigenvalue weighted by atomic mass is 19.1. The molecule has 34 heavy (non-hydrogen) atoms. The van der Waals surface area contributed by atoms with Crippen LogP contribution in [0, 0.1) is 11.6 Å². The predicted molar refractivity (Wildman–Crippen MR) is 122 cm³/mol. The number of nitrogens with one attached hydrogen (secondary N) is 1. The Bertz CT molecular complexity index is 1470. The van der Waals surface area contributed by atoms with Crippen LogP contribution in [0.1, 0.15) is 34.6 Å². The summed E-state index contributed by atoms with van der Waals surface area (Å²) in [4.78, 5) is 39.3. The average molecular weight is 462 g/mol. The summed E-state index contributed by atoms with van der Waals surface area (Å²) in [6.07, 6.45) is 0. The minimum atomic E-state index is -0.973. The highest BCUT2D eigenvalue weighted by Gasteiger charge is 2.23. The van der Waals surface area contributed by atoms with Gasteiger partial charge >= 0.3 is 5.69 Å². The van der Waals surface area contributed by atoms with Gasteiger partial charge in [-0.25, -0.2) is 13.6 Å². The van der Waals surface area contributed by atoms with E-state index in [4.69, 9.17) is 0 Å². The molecule has 0 spiro atoms. The Kier molecular flexibility index (Phi) is 6.44. The van der Waals surface area contributed by atoms with E-state index >= 15 is 0 Å². The lowest BCUT2D eigenvalue weighted by Crippen LogP contribution is -2.46. The van der Waals surface area contributed by atoms with E-state index in [9.17, 15) is 23.2 Å². The van der Waals surface area contributed by atoms with Gasteiger partial charge in [-0.15, -0.1) is 0 Å². The van der Waals surface area contributed by atoms with E-state index in [-0.39, 0.29) is 12.2 Å². The SMILES string of the molecule is CC(NC(=O)c1nn(-c2ccccc2F)c(=O)n(Cc2cccc(F)c2)c1=O)c1ccccc1. The number of benzene rings is 3. The van der Waals surface area contributed by atoms with Crippen LogP contribution in [0.15, 0.2) is 88.5 Å². The Balaban J connectivity index is 1.83. The summed E-state index contributed by atoms with van der Waals surface area (Å²) in [5.41, 5.74) is -1.66. The number of amides is 1. The molecule has 0 aliphatic heterocycles. The van der Waals surface area contributed by atoms with E-state index in [2.05, 4.69) is 10.4 Å². The maximum Gasteiger partial charge on any atom is 0.352 e. The summed E-state index contributed by atoms with van der Waals surface area (Å²) >= 11 is 0. The molecule has 0 aliphatic carbocycles. The topological polar surface area (TPSA) is 86.0 Å². The van der Waals surface area contributed by atoms with E-state index in [1.807, 2.05) is 6.07 Å². The lowest BCUT2D eigenvalue weighted by Gasteiger charge is -2.16. The largest absolute Gasteiger partial charge is 0.352 e. The van der Waals surface area contributed by atoms with Gasteiger partial charge in [0.1, 0.15) is 17.3 Å². The lowest BCUT2D eigenvalue weighted by atomic mass is 10.1. The normalized spacial score (nSPS) is 11.7. The molecule has 1 aromatic heterocycles. The van der Waals surface area contributed by atoms with E-state index in [1.54, 1.807) is 31.2 Å². The molecule has 0 saturated heterocycles. The summed E-state index contributed by atoms with van der Waals surface area (Å²) in [6, 6.07) is 19.3. The number of carbonyl (C=O) groups is 1. The first-order valence-corrected chi connectivity index (χ1v) is 10.4. The summed E-state index contributed by atoms with van der Waals surface area (Å²) in [5, 5.41) is 6.60. The van der Waals surface area contributed by atoms with Crippen molar-refractivity contribution in [1.82, 2.24) is 19.7 Å². The van der Waals surface area contributed by atoms with Crippen molar-refractivity contribution in [2.45, 2.75) is 19.5 Å². The van der Waals surface area contributed by atoms with Crippen LogP contribution in [-0.2, 0) is 6.54 Å². The van der Waals surface area contributed by atoms with Gasteiger partial charge in [-0.1, -0.05) is 54.6 Å². The quantitative estimate of drug-likeness (QED) is 0.477. The monoisotopic (exact) mass is 462 g/mol. The van der Waals surface area contributed by atoms with Crippen LogP contribution in [0.25, 0.3) is 5.69 Å². The molecule has 1 N–H and O–H groups in total. The molecule has 4 rings (SSSR count).